The smallest absolute Gasteiger partial charge is 0.229 e. The van der Waals surface area contributed by atoms with Crippen molar-refractivity contribution in [1.82, 2.24) is 15.7 Å². The molecule has 2 aromatic carbocycles. The van der Waals surface area contributed by atoms with Crippen molar-refractivity contribution in [2.45, 2.75) is 64.0 Å². The van der Waals surface area contributed by atoms with E-state index in [-0.39, 0.29) is 36.7 Å². The number of hydrogen-bond donors (Lipinski definition) is 3. The fraction of sp³-hybridized carbons (Fsp3) is 0.480. The minimum Gasteiger partial charge on any atom is -0.376 e. The van der Waals surface area contributed by atoms with Crippen LogP contribution in [0, 0.1) is 5.41 Å². The highest BCUT2D eigenvalue weighted by atomic mass is 35.5. The fourth-order valence-electron chi connectivity index (χ4n) is 5.23. The number of aliphatic hydroxyl groups excluding tert-OH is 1. The molecule has 0 aliphatic carbocycles. The summed E-state index contributed by atoms with van der Waals surface area (Å²) in [6.07, 6.45) is -0.0242. The van der Waals surface area contributed by atoms with Gasteiger partial charge in [0.1, 0.15) is 12.8 Å². The van der Waals surface area contributed by atoms with Gasteiger partial charge in [0.05, 0.1) is 17.6 Å². The Labute approximate surface area is 205 Å². The van der Waals surface area contributed by atoms with Crippen LogP contribution in [0.5, 0.6) is 0 Å². The first-order valence-electron chi connectivity index (χ1n) is 11.3. The molecule has 0 aromatic heterocycles. The van der Waals surface area contributed by atoms with E-state index in [1.54, 1.807) is 0 Å². The molecular formula is C25H31Cl2N3O3. The highest BCUT2D eigenvalue weighted by Gasteiger charge is 2.51. The van der Waals surface area contributed by atoms with Gasteiger partial charge >= 0.3 is 0 Å². The van der Waals surface area contributed by atoms with Crippen LogP contribution in [0.4, 0.5) is 0 Å². The summed E-state index contributed by atoms with van der Waals surface area (Å²) < 4.78 is 0. The number of hydroxylamine groups is 1. The zero-order valence-corrected chi connectivity index (χ0v) is 20.6. The number of halogens is 2. The van der Waals surface area contributed by atoms with E-state index in [4.69, 9.17) is 28.0 Å². The van der Waals surface area contributed by atoms with Crippen LogP contribution in [-0.4, -0.2) is 41.0 Å². The van der Waals surface area contributed by atoms with Crippen LogP contribution >= 0.6 is 23.2 Å². The summed E-state index contributed by atoms with van der Waals surface area (Å²) in [7, 11) is 0. The Morgan fingerprint density at radius 1 is 1.15 bits per heavy atom. The quantitative estimate of drug-likeness (QED) is 0.568. The van der Waals surface area contributed by atoms with Crippen molar-refractivity contribution in [3.8, 4) is 0 Å². The first-order valence-corrected chi connectivity index (χ1v) is 12.1. The van der Waals surface area contributed by atoms with Crippen molar-refractivity contribution in [1.29, 1.82) is 0 Å². The van der Waals surface area contributed by atoms with Crippen molar-refractivity contribution in [2.75, 3.05) is 6.61 Å². The largest absolute Gasteiger partial charge is 0.376 e. The number of likely N-dealkylation sites (tertiary alicyclic amines) is 1. The van der Waals surface area contributed by atoms with Gasteiger partial charge in [-0.05, 0) is 62.1 Å². The van der Waals surface area contributed by atoms with E-state index in [9.17, 15) is 9.90 Å². The lowest BCUT2D eigenvalue weighted by Crippen LogP contribution is -2.60. The molecule has 2 aromatic rings. The normalized spacial score (nSPS) is 30.6. The molecule has 8 heteroatoms. The average molecular weight is 492 g/mol. The number of hydrogen-bond acceptors (Lipinski definition) is 5. The van der Waals surface area contributed by atoms with E-state index in [0.29, 0.717) is 22.9 Å². The third kappa shape index (κ3) is 5.21. The summed E-state index contributed by atoms with van der Waals surface area (Å²) in [5, 5.41) is 14.4. The number of benzene rings is 2. The number of carbonyl (C=O) groups is 1. The van der Waals surface area contributed by atoms with E-state index in [1.165, 1.54) is 0 Å². The maximum absolute atomic E-state index is 14.1. The third-order valence-corrected chi connectivity index (χ3v) is 7.15. The second kappa shape index (κ2) is 9.90. The standard InChI is InChI=1S/C25H31Cl2N3O3/c1-15(2)30-23(16-7-9-18(26)10-8-16)20(17-5-4-6-19(27)11-17)12-25(3,24(30)32)13-21-28-22(31)14-33-29-21/h4-11,15,20-23,28-29,31H,12-14H2,1-3H3/t20-,21?,22?,23-,25-/m1/s1. The van der Waals surface area contributed by atoms with Crippen molar-refractivity contribution in [3.05, 3.63) is 69.7 Å². The number of nitrogens with zero attached hydrogens (tertiary/aromatic N) is 1. The minimum atomic E-state index is -0.773. The van der Waals surface area contributed by atoms with Gasteiger partial charge in [-0.25, -0.2) is 0 Å². The Bertz CT molecular complexity index is 987. The van der Waals surface area contributed by atoms with Gasteiger partial charge in [0.2, 0.25) is 5.91 Å². The zero-order valence-electron chi connectivity index (χ0n) is 19.1. The van der Waals surface area contributed by atoms with E-state index in [2.05, 4.69) is 16.9 Å². The SMILES string of the molecule is CC(C)N1C(=O)[C@@](C)(CC2NOCC(O)N2)C[C@H](c2cccc(Cl)c2)[C@H]1c1ccc(Cl)cc1. The van der Waals surface area contributed by atoms with Crippen LogP contribution in [0.3, 0.4) is 0 Å². The van der Waals surface area contributed by atoms with Crippen molar-refractivity contribution >= 4 is 29.1 Å². The lowest BCUT2D eigenvalue weighted by Gasteiger charge is -2.52. The Balaban J connectivity index is 1.77. The number of aliphatic hydroxyl groups is 1. The predicted octanol–water partition coefficient (Wildman–Crippen LogP) is 4.62. The van der Waals surface area contributed by atoms with Crippen molar-refractivity contribution in [3.63, 3.8) is 0 Å². The summed E-state index contributed by atoms with van der Waals surface area (Å²) in [5.74, 6) is 0.101. The van der Waals surface area contributed by atoms with Crippen molar-refractivity contribution < 1.29 is 14.7 Å². The molecule has 2 fully saturated rings. The lowest BCUT2D eigenvalue weighted by molar-refractivity contribution is -0.159. The van der Waals surface area contributed by atoms with Gasteiger partial charge in [0.15, 0.2) is 0 Å². The molecule has 2 heterocycles. The monoisotopic (exact) mass is 491 g/mol. The summed E-state index contributed by atoms with van der Waals surface area (Å²) in [5.41, 5.74) is 4.37. The maximum Gasteiger partial charge on any atom is 0.229 e. The first-order chi connectivity index (χ1) is 15.7. The molecule has 0 saturated carbocycles. The average Bonchev–Trinajstić information content (AvgIpc) is 2.76. The minimum absolute atomic E-state index is 0.0180. The molecule has 2 aliphatic heterocycles. The number of carbonyl (C=O) groups excluding carboxylic acids is 1. The summed E-state index contributed by atoms with van der Waals surface area (Å²) in [6.45, 7) is 6.25. The number of amides is 1. The Hall–Kier alpha value is -1.67. The van der Waals surface area contributed by atoms with Crippen molar-refractivity contribution in [2.24, 2.45) is 5.41 Å². The van der Waals surface area contributed by atoms with E-state index >= 15 is 0 Å². The van der Waals surface area contributed by atoms with Gasteiger partial charge in [0, 0.05) is 22.0 Å². The highest BCUT2D eigenvalue weighted by Crippen LogP contribution is 2.52. The molecule has 0 spiro atoms. The van der Waals surface area contributed by atoms with Gasteiger partial charge in [-0.15, -0.1) is 0 Å². The van der Waals surface area contributed by atoms with Gasteiger partial charge < -0.3 is 10.0 Å². The Morgan fingerprint density at radius 3 is 2.52 bits per heavy atom. The molecule has 0 bridgehead atoms. The first kappa shape index (κ1) is 24.5. The molecule has 2 aliphatic rings. The van der Waals surface area contributed by atoms with Crippen LogP contribution in [0.2, 0.25) is 10.0 Å². The van der Waals surface area contributed by atoms with E-state index in [1.807, 2.05) is 68.1 Å². The van der Waals surface area contributed by atoms with E-state index < -0.39 is 11.6 Å². The molecular weight excluding hydrogens is 461 g/mol. The van der Waals surface area contributed by atoms with Gasteiger partial charge in [-0.3, -0.25) is 14.9 Å². The molecule has 3 N–H and O–H groups in total. The van der Waals surface area contributed by atoms with Gasteiger partial charge in [0.25, 0.3) is 0 Å². The molecule has 5 atom stereocenters. The number of piperidine rings is 1. The second-order valence-electron chi connectivity index (χ2n) is 9.60. The molecule has 178 valence electrons. The highest BCUT2D eigenvalue weighted by molar-refractivity contribution is 6.30. The Morgan fingerprint density at radius 2 is 1.88 bits per heavy atom. The molecule has 4 rings (SSSR count). The molecule has 6 nitrogen and oxygen atoms in total. The molecule has 0 radical (unpaired) electrons. The Kier molecular flexibility index (Phi) is 7.34. The summed E-state index contributed by atoms with van der Waals surface area (Å²) in [4.78, 5) is 21.4. The second-order valence-corrected chi connectivity index (χ2v) is 10.5. The van der Waals surface area contributed by atoms with Crippen LogP contribution in [-0.2, 0) is 9.63 Å². The fourth-order valence-corrected chi connectivity index (χ4v) is 5.55. The predicted molar refractivity (Wildman–Crippen MR) is 130 cm³/mol. The van der Waals surface area contributed by atoms with Crippen LogP contribution in [0.15, 0.2) is 48.5 Å². The maximum atomic E-state index is 14.1. The summed E-state index contributed by atoms with van der Waals surface area (Å²) in [6, 6.07) is 15.5. The lowest BCUT2D eigenvalue weighted by atomic mass is 9.66. The number of nitrogens with one attached hydrogen (secondary N) is 2. The zero-order chi connectivity index (χ0) is 23.8. The van der Waals surface area contributed by atoms with Crippen LogP contribution in [0.1, 0.15) is 56.7 Å². The van der Waals surface area contributed by atoms with Gasteiger partial charge in [-0.2, -0.15) is 5.48 Å². The molecule has 2 saturated heterocycles. The van der Waals surface area contributed by atoms with E-state index in [0.717, 1.165) is 11.1 Å². The summed E-state index contributed by atoms with van der Waals surface area (Å²) >= 11 is 12.6. The topological polar surface area (TPSA) is 73.8 Å². The molecule has 33 heavy (non-hydrogen) atoms. The van der Waals surface area contributed by atoms with Gasteiger partial charge in [-0.1, -0.05) is 54.4 Å². The van der Waals surface area contributed by atoms with Crippen LogP contribution < -0.4 is 10.8 Å². The van der Waals surface area contributed by atoms with Crippen LogP contribution in [0.25, 0.3) is 0 Å². The third-order valence-electron chi connectivity index (χ3n) is 6.66. The number of rotatable bonds is 5. The molecule has 2 unspecified atom stereocenters. The molecule has 1 amide bonds.